The van der Waals surface area contributed by atoms with Crippen LogP contribution in [0.2, 0.25) is 0 Å². The first-order chi connectivity index (χ1) is 6.77. The molecule has 0 radical (unpaired) electrons. The van der Waals surface area contributed by atoms with Gasteiger partial charge in [-0.1, -0.05) is 6.07 Å². The highest BCUT2D eigenvalue weighted by Gasteiger charge is 2.12. The van der Waals surface area contributed by atoms with E-state index in [0.717, 1.165) is 6.54 Å². The fourth-order valence-electron chi connectivity index (χ4n) is 1.35. The minimum absolute atomic E-state index is 0.307. The number of thiophene rings is 1. The van der Waals surface area contributed by atoms with Gasteiger partial charge in [0.15, 0.2) is 0 Å². The molecule has 1 heterocycles. The Morgan fingerprint density at radius 2 is 2.43 bits per heavy atom. The number of ether oxygens (including phenoxy) is 1. The smallest absolute Gasteiger partial charge is 0.0630 e. The molecule has 1 atom stereocenters. The lowest BCUT2D eigenvalue weighted by molar-refractivity contribution is 0.107. The predicted molar refractivity (Wildman–Crippen MR) is 60.5 cm³/mol. The van der Waals surface area contributed by atoms with Crippen molar-refractivity contribution in [3.8, 4) is 0 Å². The predicted octanol–water partition coefficient (Wildman–Crippen LogP) is 1.15. The standard InChI is InChI=1S/C10H18N2OS/c1-12(9(6-11)8-13-2)7-10-4-3-5-14-10/h3-5,9H,6-8,11H2,1-2H3. The number of nitrogens with two attached hydrogens (primary N) is 1. The molecule has 14 heavy (non-hydrogen) atoms. The Balaban J connectivity index is 2.43. The van der Waals surface area contributed by atoms with Crippen molar-refractivity contribution in [3.05, 3.63) is 22.4 Å². The van der Waals surface area contributed by atoms with Crippen LogP contribution in [0.15, 0.2) is 17.5 Å². The zero-order chi connectivity index (χ0) is 10.4. The number of rotatable bonds is 6. The average molecular weight is 214 g/mol. The van der Waals surface area contributed by atoms with E-state index in [-0.39, 0.29) is 0 Å². The average Bonchev–Trinajstić information content (AvgIpc) is 2.66. The topological polar surface area (TPSA) is 38.5 Å². The van der Waals surface area contributed by atoms with Crippen molar-refractivity contribution in [1.29, 1.82) is 0 Å². The van der Waals surface area contributed by atoms with Gasteiger partial charge in [0.05, 0.1) is 6.61 Å². The molecule has 80 valence electrons. The van der Waals surface area contributed by atoms with Crippen molar-refractivity contribution in [2.24, 2.45) is 5.73 Å². The summed E-state index contributed by atoms with van der Waals surface area (Å²) in [5.41, 5.74) is 5.67. The summed E-state index contributed by atoms with van der Waals surface area (Å²) in [5, 5.41) is 2.09. The number of hydrogen-bond donors (Lipinski definition) is 1. The molecule has 0 aliphatic heterocycles. The molecule has 0 aliphatic rings. The number of methoxy groups -OCH3 is 1. The quantitative estimate of drug-likeness (QED) is 0.772. The van der Waals surface area contributed by atoms with Gasteiger partial charge < -0.3 is 10.5 Å². The van der Waals surface area contributed by atoms with Crippen LogP contribution in [0.3, 0.4) is 0 Å². The summed E-state index contributed by atoms with van der Waals surface area (Å²) in [7, 11) is 3.79. The molecule has 1 rings (SSSR count). The molecular weight excluding hydrogens is 196 g/mol. The summed E-state index contributed by atoms with van der Waals surface area (Å²) in [6.07, 6.45) is 0. The highest BCUT2D eigenvalue weighted by atomic mass is 32.1. The monoisotopic (exact) mass is 214 g/mol. The lowest BCUT2D eigenvalue weighted by Crippen LogP contribution is -2.40. The van der Waals surface area contributed by atoms with Gasteiger partial charge in [-0.15, -0.1) is 11.3 Å². The van der Waals surface area contributed by atoms with E-state index in [1.165, 1.54) is 4.88 Å². The van der Waals surface area contributed by atoms with Crippen LogP contribution in [0.1, 0.15) is 4.88 Å². The lowest BCUT2D eigenvalue weighted by Gasteiger charge is -2.25. The van der Waals surface area contributed by atoms with Gasteiger partial charge in [0.25, 0.3) is 0 Å². The maximum absolute atomic E-state index is 5.67. The Bertz CT molecular complexity index is 238. The summed E-state index contributed by atoms with van der Waals surface area (Å²) in [6.45, 7) is 2.27. The van der Waals surface area contributed by atoms with Crippen LogP contribution in [0.5, 0.6) is 0 Å². The van der Waals surface area contributed by atoms with E-state index < -0.39 is 0 Å². The van der Waals surface area contributed by atoms with Gasteiger partial charge in [0, 0.05) is 31.1 Å². The van der Waals surface area contributed by atoms with Gasteiger partial charge in [0.2, 0.25) is 0 Å². The molecule has 3 nitrogen and oxygen atoms in total. The van der Waals surface area contributed by atoms with Crippen LogP contribution < -0.4 is 5.73 Å². The lowest BCUT2D eigenvalue weighted by atomic mass is 10.2. The molecule has 0 amide bonds. The van der Waals surface area contributed by atoms with E-state index in [0.29, 0.717) is 19.2 Å². The van der Waals surface area contributed by atoms with Crippen LogP contribution in [-0.2, 0) is 11.3 Å². The fraction of sp³-hybridized carbons (Fsp3) is 0.600. The molecular formula is C10H18N2OS. The van der Waals surface area contributed by atoms with Crippen molar-refractivity contribution in [2.75, 3.05) is 27.3 Å². The van der Waals surface area contributed by atoms with Crippen molar-refractivity contribution >= 4 is 11.3 Å². The molecule has 0 fully saturated rings. The first-order valence-electron chi connectivity index (χ1n) is 4.69. The van der Waals surface area contributed by atoms with Crippen molar-refractivity contribution in [3.63, 3.8) is 0 Å². The van der Waals surface area contributed by atoms with Crippen LogP contribution in [0, 0.1) is 0 Å². The SMILES string of the molecule is COCC(CN)N(C)Cc1cccs1. The molecule has 0 saturated heterocycles. The minimum atomic E-state index is 0.307. The van der Waals surface area contributed by atoms with Crippen molar-refractivity contribution < 1.29 is 4.74 Å². The third-order valence-electron chi connectivity index (χ3n) is 2.24. The molecule has 1 unspecified atom stereocenters. The first-order valence-corrected chi connectivity index (χ1v) is 5.57. The Morgan fingerprint density at radius 1 is 1.64 bits per heavy atom. The molecule has 1 aromatic heterocycles. The Labute approximate surface area is 89.5 Å². The fourth-order valence-corrected chi connectivity index (χ4v) is 2.11. The van der Waals surface area contributed by atoms with Gasteiger partial charge in [-0.3, -0.25) is 4.90 Å². The van der Waals surface area contributed by atoms with E-state index in [2.05, 4.69) is 29.5 Å². The second-order valence-corrected chi connectivity index (χ2v) is 4.37. The second-order valence-electron chi connectivity index (χ2n) is 3.34. The van der Waals surface area contributed by atoms with Gasteiger partial charge in [-0.05, 0) is 18.5 Å². The highest BCUT2D eigenvalue weighted by Crippen LogP contribution is 2.12. The molecule has 1 aromatic rings. The van der Waals surface area contributed by atoms with E-state index in [1.807, 2.05) is 0 Å². The highest BCUT2D eigenvalue weighted by molar-refractivity contribution is 7.09. The number of hydrogen-bond acceptors (Lipinski definition) is 4. The molecule has 0 aromatic carbocycles. The van der Waals surface area contributed by atoms with Crippen molar-refractivity contribution in [2.45, 2.75) is 12.6 Å². The molecule has 0 spiro atoms. The summed E-state index contributed by atoms with van der Waals surface area (Å²) in [4.78, 5) is 3.59. The summed E-state index contributed by atoms with van der Waals surface area (Å²) in [5.74, 6) is 0. The van der Waals surface area contributed by atoms with Gasteiger partial charge in [0.1, 0.15) is 0 Å². The maximum atomic E-state index is 5.67. The van der Waals surface area contributed by atoms with Crippen molar-refractivity contribution in [1.82, 2.24) is 4.90 Å². The Morgan fingerprint density at radius 3 is 2.93 bits per heavy atom. The third kappa shape index (κ3) is 3.38. The minimum Gasteiger partial charge on any atom is -0.383 e. The summed E-state index contributed by atoms with van der Waals surface area (Å²) in [6, 6.07) is 4.52. The summed E-state index contributed by atoms with van der Waals surface area (Å²) >= 11 is 1.77. The van der Waals surface area contributed by atoms with E-state index in [1.54, 1.807) is 18.4 Å². The molecule has 2 N–H and O–H groups in total. The van der Waals surface area contributed by atoms with E-state index >= 15 is 0 Å². The maximum Gasteiger partial charge on any atom is 0.0630 e. The Kier molecular flexibility index (Phi) is 5.11. The number of likely N-dealkylation sites (N-methyl/N-ethyl adjacent to an activating group) is 1. The Hall–Kier alpha value is -0.420. The summed E-state index contributed by atoms with van der Waals surface area (Å²) < 4.78 is 5.12. The second kappa shape index (κ2) is 6.14. The van der Waals surface area contributed by atoms with Crippen LogP contribution in [-0.4, -0.2) is 38.3 Å². The molecule has 0 bridgehead atoms. The molecule has 0 saturated carbocycles. The van der Waals surface area contributed by atoms with E-state index in [4.69, 9.17) is 10.5 Å². The van der Waals surface area contributed by atoms with Gasteiger partial charge in [-0.25, -0.2) is 0 Å². The molecule has 4 heteroatoms. The van der Waals surface area contributed by atoms with Gasteiger partial charge in [-0.2, -0.15) is 0 Å². The van der Waals surface area contributed by atoms with Crippen LogP contribution in [0.25, 0.3) is 0 Å². The largest absolute Gasteiger partial charge is 0.383 e. The number of nitrogens with zero attached hydrogens (tertiary/aromatic N) is 1. The van der Waals surface area contributed by atoms with E-state index in [9.17, 15) is 0 Å². The molecule has 0 aliphatic carbocycles. The normalized spacial score (nSPS) is 13.4. The zero-order valence-corrected chi connectivity index (χ0v) is 9.59. The van der Waals surface area contributed by atoms with Gasteiger partial charge >= 0.3 is 0 Å². The first kappa shape index (κ1) is 11.7. The zero-order valence-electron chi connectivity index (χ0n) is 8.77. The van der Waals surface area contributed by atoms with Crippen LogP contribution >= 0.6 is 11.3 Å². The van der Waals surface area contributed by atoms with Crippen LogP contribution in [0.4, 0.5) is 0 Å². The third-order valence-corrected chi connectivity index (χ3v) is 3.10.